The Morgan fingerprint density at radius 1 is 1.29 bits per heavy atom. The van der Waals surface area contributed by atoms with E-state index in [-0.39, 0.29) is 12.0 Å². The summed E-state index contributed by atoms with van der Waals surface area (Å²) in [5.74, 6) is 0.133. The van der Waals surface area contributed by atoms with Gasteiger partial charge in [0, 0.05) is 19.5 Å². The number of benzene rings is 1. The molecular weight excluding hydrogens is 264 g/mol. The molecule has 21 heavy (non-hydrogen) atoms. The molecule has 114 valence electrons. The maximum absolute atomic E-state index is 12.0. The highest BCUT2D eigenvalue weighted by molar-refractivity contribution is 5.76. The SMILES string of the molecule is O=C(CCN1CCCC1)NCC1OCCc2ccccc21. The lowest BCUT2D eigenvalue weighted by atomic mass is 9.97. The van der Waals surface area contributed by atoms with Crippen molar-refractivity contribution in [3.8, 4) is 0 Å². The summed E-state index contributed by atoms with van der Waals surface area (Å²) < 4.78 is 5.81. The van der Waals surface area contributed by atoms with Crippen LogP contribution in [0.15, 0.2) is 24.3 Å². The molecule has 0 aliphatic carbocycles. The first-order valence-corrected chi connectivity index (χ1v) is 8.01. The van der Waals surface area contributed by atoms with Crippen molar-refractivity contribution in [1.29, 1.82) is 0 Å². The van der Waals surface area contributed by atoms with Crippen LogP contribution >= 0.6 is 0 Å². The smallest absolute Gasteiger partial charge is 0.221 e. The number of carbonyl (C=O) groups excluding carboxylic acids is 1. The van der Waals surface area contributed by atoms with E-state index in [9.17, 15) is 4.79 Å². The zero-order valence-corrected chi connectivity index (χ0v) is 12.5. The topological polar surface area (TPSA) is 41.6 Å². The van der Waals surface area contributed by atoms with Gasteiger partial charge in [0.05, 0.1) is 6.61 Å². The van der Waals surface area contributed by atoms with Gasteiger partial charge in [-0.3, -0.25) is 4.79 Å². The van der Waals surface area contributed by atoms with E-state index >= 15 is 0 Å². The van der Waals surface area contributed by atoms with Crippen LogP contribution in [0.4, 0.5) is 0 Å². The number of hydrogen-bond donors (Lipinski definition) is 1. The highest BCUT2D eigenvalue weighted by Crippen LogP contribution is 2.26. The number of nitrogens with one attached hydrogen (secondary N) is 1. The van der Waals surface area contributed by atoms with Crippen LogP contribution in [0.2, 0.25) is 0 Å². The molecule has 4 heteroatoms. The summed E-state index contributed by atoms with van der Waals surface area (Å²) in [5, 5.41) is 3.03. The first kappa shape index (κ1) is 14.5. The second-order valence-corrected chi connectivity index (χ2v) is 5.91. The van der Waals surface area contributed by atoms with Crippen molar-refractivity contribution in [3.63, 3.8) is 0 Å². The van der Waals surface area contributed by atoms with Crippen LogP contribution in [0, 0.1) is 0 Å². The van der Waals surface area contributed by atoms with Gasteiger partial charge in [0.2, 0.25) is 5.91 Å². The number of carbonyl (C=O) groups is 1. The standard InChI is InChI=1S/C17H24N2O2/c20-17(7-11-19-9-3-4-10-19)18-13-16-15-6-2-1-5-14(15)8-12-21-16/h1-2,5-6,16H,3-4,7-13H2,(H,18,20). The number of fused-ring (bicyclic) bond motifs is 1. The minimum atomic E-state index is 0.00527. The fourth-order valence-electron chi connectivity index (χ4n) is 3.21. The summed E-state index contributed by atoms with van der Waals surface area (Å²) >= 11 is 0. The number of likely N-dealkylation sites (tertiary alicyclic amines) is 1. The fourth-order valence-corrected chi connectivity index (χ4v) is 3.21. The minimum absolute atomic E-state index is 0.00527. The van der Waals surface area contributed by atoms with Gasteiger partial charge in [-0.1, -0.05) is 24.3 Å². The largest absolute Gasteiger partial charge is 0.371 e. The van der Waals surface area contributed by atoms with Gasteiger partial charge < -0.3 is 15.0 Å². The van der Waals surface area contributed by atoms with Crippen LogP contribution in [0.3, 0.4) is 0 Å². The molecule has 2 aliphatic rings. The van der Waals surface area contributed by atoms with Crippen molar-refractivity contribution in [1.82, 2.24) is 10.2 Å². The monoisotopic (exact) mass is 288 g/mol. The molecule has 1 aromatic carbocycles. The second kappa shape index (κ2) is 7.05. The summed E-state index contributed by atoms with van der Waals surface area (Å²) in [5.41, 5.74) is 2.57. The van der Waals surface area contributed by atoms with Crippen LogP contribution in [-0.2, 0) is 16.0 Å². The fraction of sp³-hybridized carbons (Fsp3) is 0.588. The van der Waals surface area contributed by atoms with Crippen LogP contribution in [0.5, 0.6) is 0 Å². The van der Waals surface area contributed by atoms with Gasteiger partial charge in [0.25, 0.3) is 0 Å². The minimum Gasteiger partial charge on any atom is -0.371 e. The van der Waals surface area contributed by atoms with Crippen LogP contribution in [0.25, 0.3) is 0 Å². The van der Waals surface area contributed by atoms with E-state index in [4.69, 9.17) is 4.74 Å². The van der Waals surface area contributed by atoms with Crippen molar-refractivity contribution in [2.24, 2.45) is 0 Å². The third-order valence-corrected chi connectivity index (χ3v) is 4.43. The second-order valence-electron chi connectivity index (χ2n) is 5.91. The number of hydrogen-bond acceptors (Lipinski definition) is 3. The molecule has 1 aromatic rings. The molecular formula is C17H24N2O2. The molecule has 1 N–H and O–H groups in total. The first-order chi connectivity index (χ1) is 10.3. The van der Waals surface area contributed by atoms with Gasteiger partial charge in [-0.15, -0.1) is 0 Å². The highest BCUT2D eigenvalue weighted by Gasteiger charge is 2.21. The van der Waals surface area contributed by atoms with E-state index in [1.807, 2.05) is 6.07 Å². The van der Waals surface area contributed by atoms with Crippen LogP contribution < -0.4 is 5.32 Å². The van der Waals surface area contributed by atoms with E-state index in [0.717, 1.165) is 32.7 Å². The van der Waals surface area contributed by atoms with Gasteiger partial charge in [-0.25, -0.2) is 0 Å². The molecule has 2 heterocycles. The predicted octanol–water partition coefficient (Wildman–Crippen LogP) is 1.90. The average molecular weight is 288 g/mol. The van der Waals surface area contributed by atoms with E-state index < -0.39 is 0 Å². The molecule has 1 atom stereocenters. The third-order valence-electron chi connectivity index (χ3n) is 4.43. The maximum atomic E-state index is 12.0. The number of nitrogens with zero attached hydrogens (tertiary/aromatic N) is 1. The van der Waals surface area contributed by atoms with Crippen molar-refractivity contribution in [3.05, 3.63) is 35.4 Å². The molecule has 4 nitrogen and oxygen atoms in total. The summed E-state index contributed by atoms with van der Waals surface area (Å²) in [4.78, 5) is 14.3. The summed E-state index contributed by atoms with van der Waals surface area (Å²) in [6.07, 6.45) is 4.11. The zero-order chi connectivity index (χ0) is 14.5. The lowest BCUT2D eigenvalue weighted by Crippen LogP contribution is -2.34. The van der Waals surface area contributed by atoms with Gasteiger partial charge in [0.15, 0.2) is 0 Å². The van der Waals surface area contributed by atoms with E-state index in [0.29, 0.717) is 13.0 Å². The molecule has 0 bridgehead atoms. The Labute approximate surface area is 126 Å². The molecule has 0 aromatic heterocycles. The predicted molar refractivity (Wildman–Crippen MR) is 82.1 cm³/mol. The molecule has 1 unspecified atom stereocenters. The maximum Gasteiger partial charge on any atom is 0.221 e. The van der Waals surface area contributed by atoms with Crippen molar-refractivity contribution in [2.75, 3.05) is 32.8 Å². The van der Waals surface area contributed by atoms with Crippen LogP contribution in [-0.4, -0.2) is 43.6 Å². The van der Waals surface area contributed by atoms with Crippen molar-refractivity contribution >= 4 is 5.91 Å². The Balaban J connectivity index is 1.45. The lowest BCUT2D eigenvalue weighted by molar-refractivity contribution is -0.122. The van der Waals surface area contributed by atoms with Gasteiger partial charge in [-0.2, -0.15) is 0 Å². The summed E-state index contributed by atoms with van der Waals surface area (Å²) in [6.45, 7) is 4.49. The Bertz CT molecular complexity index is 483. The Morgan fingerprint density at radius 2 is 2.10 bits per heavy atom. The van der Waals surface area contributed by atoms with Crippen molar-refractivity contribution < 1.29 is 9.53 Å². The van der Waals surface area contributed by atoms with E-state index in [1.165, 1.54) is 24.0 Å². The Morgan fingerprint density at radius 3 is 2.95 bits per heavy atom. The third kappa shape index (κ3) is 3.83. The van der Waals surface area contributed by atoms with Gasteiger partial charge in [-0.05, 0) is 43.5 Å². The molecule has 0 spiro atoms. The van der Waals surface area contributed by atoms with E-state index in [1.54, 1.807) is 0 Å². The van der Waals surface area contributed by atoms with Crippen LogP contribution in [0.1, 0.15) is 36.5 Å². The molecule has 3 rings (SSSR count). The molecule has 2 aliphatic heterocycles. The molecule has 1 amide bonds. The van der Waals surface area contributed by atoms with E-state index in [2.05, 4.69) is 28.4 Å². The Kier molecular flexibility index (Phi) is 4.88. The number of ether oxygens (including phenoxy) is 1. The quantitative estimate of drug-likeness (QED) is 0.900. The number of amides is 1. The van der Waals surface area contributed by atoms with Crippen molar-refractivity contribution in [2.45, 2.75) is 31.8 Å². The Hall–Kier alpha value is -1.39. The highest BCUT2D eigenvalue weighted by atomic mass is 16.5. The molecule has 1 saturated heterocycles. The molecule has 0 radical (unpaired) electrons. The summed E-state index contributed by atoms with van der Waals surface area (Å²) in [6, 6.07) is 8.36. The first-order valence-electron chi connectivity index (χ1n) is 8.01. The van der Waals surface area contributed by atoms with Gasteiger partial charge >= 0.3 is 0 Å². The normalized spacial score (nSPS) is 22.0. The van der Waals surface area contributed by atoms with Gasteiger partial charge in [0.1, 0.15) is 6.10 Å². The lowest BCUT2D eigenvalue weighted by Gasteiger charge is -2.26. The number of rotatable bonds is 5. The molecule has 1 fully saturated rings. The summed E-state index contributed by atoms with van der Waals surface area (Å²) in [7, 11) is 0. The zero-order valence-electron chi connectivity index (χ0n) is 12.5. The average Bonchev–Trinajstić information content (AvgIpc) is 3.04. The molecule has 0 saturated carbocycles.